The number of carbonyl (C=O) groups excluding carboxylic acids is 1. The van der Waals surface area contributed by atoms with Gasteiger partial charge in [0.05, 0.1) is 28.0 Å². The second-order valence-corrected chi connectivity index (χ2v) is 10.3. The minimum Gasteiger partial charge on any atom is -0.376 e. The number of fused-ring (bicyclic) bond motifs is 1. The van der Waals surface area contributed by atoms with Crippen LogP contribution < -0.4 is 4.90 Å². The second kappa shape index (κ2) is 8.41. The lowest BCUT2D eigenvalue weighted by Gasteiger charge is -2.23. The third-order valence-electron chi connectivity index (χ3n) is 5.09. The molecule has 158 valence electrons. The van der Waals surface area contributed by atoms with Crippen molar-refractivity contribution in [2.45, 2.75) is 30.8 Å². The number of hydrogen-bond donors (Lipinski definition) is 0. The van der Waals surface area contributed by atoms with E-state index in [-0.39, 0.29) is 28.2 Å². The van der Waals surface area contributed by atoms with Crippen LogP contribution in [0.15, 0.2) is 47.4 Å². The summed E-state index contributed by atoms with van der Waals surface area (Å²) in [7, 11) is -3.35. The maximum Gasteiger partial charge on any atom is 0.260 e. The second-order valence-electron chi connectivity index (χ2n) is 7.06. The number of aromatic nitrogens is 1. The van der Waals surface area contributed by atoms with Gasteiger partial charge >= 0.3 is 0 Å². The zero-order valence-corrected chi connectivity index (χ0v) is 18.0. The van der Waals surface area contributed by atoms with Gasteiger partial charge in [-0.3, -0.25) is 9.69 Å². The van der Waals surface area contributed by atoms with Crippen LogP contribution in [0.4, 0.5) is 9.52 Å². The Morgan fingerprint density at radius 3 is 2.67 bits per heavy atom. The number of anilines is 1. The Morgan fingerprint density at radius 1 is 1.27 bits per heavy atom. The van der Waals surface area contributed by atoms with Crippen molar-refractivity contribution >= 4 is 42.4 Å². The first-order valence-electron chi connectivity index (χ1n) is 9.70. The third-order valence-corrected chi connectivity index (χ3v) is 7.88. The van der Waals surface area contributed by atoms with Gasteiger partial charge in [-0.05, 0) is 49.2 Å². The van der Waals surface area contributed by atoms with Crippen molar-refractivity contribution in [2.75, 3.05) is 23.8 Å². The molecule has 1 saturated heterocycles. The van der Waals surface area contributed by atoms with Gasteiger partial charge in [0, 0.05) is 12.2 Å². The molecule has 1 aliphatic heterocycles. The molecule has 1 fully saturated rings. The number of ether oxygens (including phenoxy) is 1. The van der Waals surface area contributed by atoms with E-state index < -0.39 is 15.7 Å². The van der Waals surface area contributed by atoms with Gasteiger partial charge in [-0.2, -0.15) is 0 Å². The van der Waals surface area contributed by atoms with E-state index >= 15 is 0 Å². The molecule has 0 saturated carbocycles. The molecule has 0 N–H and O–H groups in total. The van der Waals surface area contributed by atoms with E-state index in [1.54, 1.807) is 19.1 Å². The van der Waals surface area contributed by atoms with Gasteiger partial charge in [0.15, 0.2) is 15.0 Å². The van der Waals surface area contributed by atoms with E-state index in [0.29, 0.717) is 28.5 Å². The average Bonchev–Trinajstić information content (AvgIpc) is 3.42. The van der Waals surface area contributed by atoms with Crippen molar-refractivity contribution in [3.05, 3.63) is 53.8 Å². The summed E-state index contributed by atoms with van der Waals surface area (Å²) in [6.45, 7) is 2.52. The first-order chi connectivity index (χ1) is 14.4. The molecule has 9 heteroatoms. The highest BCUT2D eigenvalue weighted by molar-refractivity contribution is 7.91. The van der Waals surface area contributed by atoms with E-state index in [0.717, 1.165) is 12.8 Å². The lowest BCUT2D eigenvalue weighted by molar-refractivity contribution is 0.0917. The van der Waals surface area contributed by atoms with E-state index in [4.69, 9.17) is 4.74 Å². The largest absolute Gasteiger partial charge is 0.376 e. The maximum absolute atomic E-state index is 14.1. The first kappa shape index (κ1) is 20.9. The van der Waals surface area contributed by atoms with Crippen molar-refractivity contribution in [1.82, 2.24) is 4.98 Å². The Hall–Kier alpha value is -2.36. The molecule has 1 unspecified atom stereocenters. The van der Waals surface area contributed by atoms with E-state index in [1.807, 2.05) is 0 Å². The van der Waals surface area contributed by atoms with Crippen molar-refractivity contribution in [3.63, 3.8) is 0 Å². The maximum atomic E-state index is 14.1. The average molecular weight is 449 g/mol. The molecule has 0 bridgehead atoms. The molecule has 1 aliphatic rings. The summed E-state index contributed by atoms with van der Waals surface area (Å²) in [5, 5.41) is 0.390. The van der Waals surface area contributed by atoms with Crippen LogP contribution in [-0.4, -0.2) is 44.3 Å². The van der Waals surface area contributed by atoms with Gasteiger partial charge < -0.3 is 4.74 Å². The van der Waals surface area contributed by atoms with Crippen molar-refractivity contribution in [2.24, 2.45) is 0 Å². The molecule has 3 aromatic rings. The number of rotatable bonds is 6. The third kappa shape index (κ3) is 4.10. The monoisotopic (exact) mass is 448 g/mol. The summed E-state index contributed by atoms with van der Waals surface area (Å²) in [4.78, 5) is 19.4. The van der Waals surface area contributed by atoms with Gasteiger partial charge in [-0.25, -0.2) is 17.8 Å². The molecule has 2 heterocycles. The van der Waals surface area contributed by atoms with Crippen LogP contribution in [0.1, 0.15) is 30.1 Å². The normalized spacial score (nSPS) is 16.8. The fourth-order valence-electron chi connectivity index (χ4n) is 3.39. The molecule has 2 aromatic carbocycles. The fourth-order valence-corrected chi connectivity index (χ4v) is 5.26. The summed E-state index contributed by atoms with van der Waals surface area (Å²) in [6.07, 6.45) is 1.63. The van der Waals surface area contributed by atoms with Gasteiger partial charge in [0.1, 0.15) is 11.3 Å². The van der Waals surface area contributed by atoms with Crippen LogP contribution in [0.25, 0.3) is 10.2 Å². The van der Waals surface area contributed by atoms with Crippen LogP contribution in [-0.2, 0) is 14.6 Å². The number of thiazole rings is 1. The van der Waals surface area contributed by atoms with E-state index in [1.165, 1.54) is 46.6 Å². The zero-order valence-electron chi connectivity index (χ0n) is 16.4. The van der Waals surface area contributed by atoms with Crippen LogP contribution in [0.3, 0.4) is 0 Å². The standard InChI is InChI=1S/C21H21FN2O4S2/c1-2-30(26,27)16-10-8-14(9-11-16)20(25)24(13-15-5-4-12-28-15)21-23-19-17(22)6-3-7-18(19)29-21/h3,6-11,15H,2,4-5,12-13H2,1H3. The minimum absolute atomic E-state index is 0.0112. The van der Waals surface area contributed by atoms with Crippen LogP contribution >= 0.6 is 11.3 Å². The number of amides is 1. The topological polar surface area (TPSA) is 76.6 Å². The van der Waals surface area contributed by atoms with Crippen molar-refractivity contribution in [1.29, 1.82) is 0 Å². The Balaban J connectivity index is 1.69. The predicted octanol–water partition coefficient (Wildman–Crippen LogP) is 4.05. The van der Waals surface area contributed by atoms with Gasteiger partial charge in [0.2, 0.25) is 0 Å². The molecule has 0 spiro atoms. The van der Waals surface area contributed by atoms with Crippen LogP contribution in [0, 0.1) is 5.82 Å². The Morgan fingerprint density at radius 2 is 2.03 bits per heavy atom. The molecular weight excluding hydrogens is 427 g/mol. The SMILES string of the molecule is CCS(=O)(=O)c1ccc(C(=O)N(CC2CCCO2)c2nc3c(F)cccc3s2)cc1. The smallest absolute Gasteiger partial charge is 0.260 e. The predicted molar refractivity (Wildman–Crippen MR) is 114 cm³/mol. The number of para-hydroxylation sites is 1. The molecule has 6 nitrogen and oxygen atoms in total. The fraction of sp³-hybridized carbons (Fsp3) is 0.333. The zero-order chi connectivity index (χ0) is 21.3. The highest BCUT2D eigenvalue weighted by Crippen LogP contribution is 2.32. The molecule has 30 heavy (non-hydrogen) atoms. The summed E-state index contributed by atoms with van der Waals surface area (Å²) in [5.41, 5.74) is 0.565. The lowest BCUT2D eigenvalue weighted by atomic mass is 10.2. The molecular formula is C21H21FN2O4S2. The number of halogens is 1. The van der Waals surface area contributed by atoms with Gasteiger partial charge in [-0.15, -0.1) is 0 Å². The van der Waals surface area contributed by atoms with Crippen molar-refractivity contribution < 1.29 is 22.3 Å². The molecule has 0 radical (unpaired) electrons. The molecule has 1 atom stereocenters. The summed E-state index contributed by atoms with van der Waals surface area (Å²) in [6, 6.07) is 10.6. The first-order valence-corrected chi connectivity index (χ1v) is 12.2. The highest BCUT2D eigenvalue weighted by Gasteiger charge is 2.27. The Bertz CT molecular complexity index is 1170. The highest BCUT2D eigenvalue weighted by atomic mass is 32.2. The Labute approximate surface area is 178 Å². The summed E-state index contributed by atoms with van der Waals surface area (Å²) >= 11 is 1.24. The summed E-state index contributed by atoms with van der Waals surface area (Å²) in [5.74, 6) is -0.776. The van der Waals surface area contributed by atoms with E-state index in [9.17, 15) is 17.6 Å². The number of hydrogen-bond acceptors (Lipinski definition) is 6. The molecule has 4 rings (SSSR count). The number of sulfone groups is 1. The Kier molecular flexibility index (Phi) is 5.86. The van der Waals surface area contributed by atoms with Gasteiger partial charge in [0.25, 0.3) is 5.91 Å². The molecule has 1 amide bonds. The minimum atomic E-state index is -3.35. The molecule has 0 aliphatic carbocycles. The number of carbonyl (C=O) groups is 1. The summed E-state index contributed by atoms with van der Waals surface area (Å²) < 4.78 is 44.6. The van der Waals surface area contributed by atoms with Crippen LogP contribution in [0.2, 0.25) is 0 Å². The van der Waals surface area contributed by atoms with Gasteiger partial charge in [-0.1, -0.05) is 24.3 Å². The molecule has 1 aromatic heterocycles. The van der Waals surface area contributed by atoms with Crippen LogP contribution in [0.5, 0.6) is 0 Å². The van der Waals surface area contributed by atoms with Crippen molar-refractivity contribution in [3.8, 4) is 0 Å². The van der Waals surface area contributed by atoms with E-state index in [2.05, 4.69) is 4.98 Å². The lowest BCUT2D eigenvalue weighted by Crippen LogP contribution is -2.37. The quantitative estimate of drug-likeness (QED) is 0.569. The number of benzene rings is 2. The number of nitrogens with zero attached hydrogens (tertiary/aromatic N) is 2.